The Bertz CT molecular complexity index is 522. The van der Waals surface area contributed by atoms with Crippen molar-refractivity contribution in [1.29, 1.82) is 0 Å². The van der Waals surface area contributed by atoms with Crippen LogP contribution in [0.3, 0.4) is 0 Å². The molecule has 21 heavy (non-hydrogen) atoms. The summed E-state index contributed by atoms with van der Waals surface area (Å²) in [6.07, 6.45) is 4.35. The van der Waals surface area contributed by atoms with Crippen LogP contribution < -0.4 is 5.32 Å². The third-order valence-electron chi connectivity index (χ3n) is 4.31. The van der Waals surface area contributed by atoms with E-state index in [9.17, 15) is 15.0 Å². The topological polar surface area (TPSA) is 72.8 Å². The smallest absolute Gasteiger partial charge is 0.258 e. The molecule has 0 aromatic heterocycles. The molecule has 2 aliphatic rings. The number of hydrogen-bond donors (Lipinski definition) is 3. The Balaban J connectivity index is 1.76. The van der Waals surface area contributed by atoms with Gasteiger partial charge in [-0.1, -0.05) is 0 Å². The molecule has 3 rings (SSSR count). The van der Waals surface area contributed by atoms with Gasteiger partial charge in [0.2, 0.25) is 0 Å². The van der Waals surface area contributed by atoms with E-state index >= 15 is 0 Å². The lowest BCUT2D eigenvalue weighted by Gasteiger charge is -2.30. The summed E-state index contributed by atoms with van der Waals surface area (Å²) in [5, 5.41) is 22.8. The summed E-state index contributed by atoms with van der Waals surface area (Å²) >= 11 is 0. The lowest BCUT2D eigenvalue weighted by Crippen LogP contribution is -2.42. The molecule has 2 fully saturated rings. The lowest BCUT2D eigenvalue weighted by atomic mass is 9.98. The second-order valence-corrected chi connectivity index (χ2v) is 6.10. The van der Waals surface area contributed by atoms with Crippen molar-refractivity contribution in [2.24, 2.45) is 5.92 Å². The third-order valence-corrected chi connectivity index (χ3v) is 4.31. The maximum absolute atomic E-state index is 12.7. The van der Waals surface area contributed by atoms with Crippen LogP contribution in [0.5, 0.6) is 11.5 Å². The minimum absolute atomic E-state index is 0.00577. The van der Waals surface area contributed by atoms with E-state index < -0.39 is 0 Å². The molecule has 5 nitrogen and oxygen atoms in total. The number of phenols is 2. The number of nitrogens with one attached hydrogen (secondary N) is 1. The first-order valence-corrected chi connectivity index (χ1v) is 7.69. The van der Waals surface area contributed by atoms with Crippen LogP contribution in [-0.4, -0.2) is 46.7 Å². The van der Waals surface area contributed by atoms with E-state index in [1.54, 1.807) is 0 Å². The SMILES string of the molecule is O=C(c1cc(O)ccc1O)N(CC1CCCNC1)C1CC1. The zero-order valence-electron chi connectivity index (χ0n) is 12.1. The Labute approximate surface area is 124 Å². The van der Waals surface area contributed by atoms with E-state index in [0.717, 1.165) is 45.3 Å². The number of hydrogen-bond acceptors (Lipinski definition) is 4. The molecule has 3 N–H and O–H groups in total. The molecule has 0 bridgehead atoms. The number of phenolic OH excluding ortho intramolecular Hbond substituents is 2. The zero-order chi connectivity index (χ0) is 14.8. The molecular formula is C16H22N2O3. The highest BCUT2D eigenvalue weighted by molar-refractivity contribution is 5.97. The summed E-state index contributed by atoms with van der Waals surface area (Å²) in [5.74, 6) is 0.246. The number of amides is 1. The fraction of sp³-hybridized carbons (Fsp3) is 0.562. The van der Waals surface area contributed by atoms with Gasteiger partial charge in [0.15, 0.2) is 0 Å². The highest BCUT2D eigenvalue weighted by Gasteiger charge is 2.35. The number of carbonyl (C=O) groups excluding carboxylic acids is 1. The molecular weight excluding hydrogens is 268 g/mol. The van der Waals surface area contributed by atoms with Gasteiger partial charge in [0.05, 0.1) is 5.56 Å². The molecule has 0 radical (unpaired) electrons. The van der Waals surface area contributed by atoms with Gasteiger partial charge < -0.3 is 20.4 Å². The summed E-state index contributed by atoms with van der Waals surface area (Å²) in [4.78, 5) is 14.6. The highest BCUT2D eigenvalue weighted by atomic mass is 16.3. The van der Waals surface area contributed by atoms with Crippen molar-refractivity contribution < 1.29 is 15.0 Å². The summed E-state index contributed by atoms with van der Waals surface area (Å²) in [5.41, 5.74) is 0.200. The van der Waals surface area contributed by atoms with E-state index in [2.05, 4.69) is 5.32 Å². The van der Waals surface area contributed by atoms with Gasteiger partial charge in [0, 0.05) is 12.6 Å². The van der Waals surface area contributed by atoms with Crippen LogP contribution in [0.2, 0.25) is 0 Å². The molecule has 1 saturated carbocycles. The Morgan fingerprint density at radius 2 is 2.10 bits per heavy atom. The number of benzene rings is 1. The maximum Gasteiger partial charge on any atom is 0.258 e. The Hall–Kier alpha value is -1.75. The van der Waals surface area contributed by atoms with Crippen LogP contribution in [-0.2, 0) is 0 Å². The number of rotatable bonds is 4. The van der Waals surface area contributed by atoms with Crippen molar-refractivity contribution in [3.8, 4) is 11.5 Å². The number of piperidine rings is 1. The molecule has 1 saturated heterocycles. The average molecular weight is 290 g/mol. The molecule has 0 spiro atoms. The molecule has 1 aromatic rings. The molecule has 1 aliphatic carbocycles. The van der Waals surface area contributed by atoms with Gasteiger partial charge in [0.1, 0.15) is 11.5 Å². The highest BCUT2D eigenvalue weighted by Crippen LogP contribution is 2.32. The van der Waals surface area contributed by atoms with Gasteiger partial charge in [0.25, 0.3) is 5.91 Å². The van der Waals surface area contributed by atoms with Crippen molar-refractivity contribution in [2.45, 2.75) is 31.7 Å². The number of nitrogens with zero attached hydrogens (tertiary/aromatic N) is 1. The summed E-state index contributed by atoms with van der Waals surface area (Å²) in [6, 6.07) is 4.40. The second kappa shape index (κ2) is 5.93. The maximum atomic E-state index is 12.7. The molecule has 1 heterocycles. The van der Waals surface area contributed by atoms with E-state index in [-0.39, 0.29) is 23.0 Å². The first kappa shape index (κ1) is 14.2. The molecule has 1 unspecified atom stereocenters. The zero-order valence-corrected chi connectivity index (χ0v) is 12.1. The Morgan fingerprint density at radius 3 is 2.76 bits per heavy atom. The van der Waals surface area contributed by atoms with Gasteiger partial charge in [-0.2, -0.15) is 0 Å². The molecule has 1 aliphatic heterocycles. The van der Waals surface area contributed by atoms with Crippen LogP contribution in [0.15, 0.2) is 18.2 Å². The minimum atomic E-state index is -0.170. The third kappa shape index (κ3) is 3.29. The van der Waals surface area contributed by atoms with Crippen molar-refractivity contribution in [2.75, 3.05) is 19.6 Å². The fourth-order valence-corrected chi connectivity index (χ4v) is 2.99. The predicted octanol–water partition coefficient (Wildman–Crippen LogP) is 1.70. The van der Waals surface area contributed by atoms with E-state index in [1.165, 1.54) is 18.2 Å². The average Bonchev–Trinajstić information content (AvgIpc) is 3.32. The van der Waals surface area contributed by atoms with E-state index in [4.69, 9.17) is 0 Å². The predicted molar refractivity (Wildman–Crippen MR) is 79.4 cm³/mol. The summed E-state index contributed by atoms with van der Waals surface area (Å²) in [7, 11) is 0. The monoisotopic (exact) mass is 290 g/mol. The normalized spacial score (nSPS) is 22.0. The molecule has 1 amide bonds. The quantitative estimate of drug-likeness (QED) is 0.738. The van der Waals surface area contributed by atoms with Crippen molar-refractivity contribution in [3.05, 3.63) is 23.8 Å². The van der Waals surface area contributed by atoms with Crippen LogP contribution >= 0.6 is 0 Å². The molecule has 1 atom stereocenters. The van der Waals surface area contributed by atoms with Crippen LogP contribution in [0.4, 0.5) is 0 Å². The van der Waals surface area contributed by atoms with E-state index in [0.29, 0.717) is 12.0 Å². The minimum Gasteiger partial charge on any atom is -0.508 e. The summed E-state index contributed by atoms with van der Waals surface area (Å²) < 4.78 is 0. The Kier molecular flexibility index (Phi) is 4.01. The van der Waals surface area contributed by atoms with Gasteiger partial charge in [-0.05, 0) is 62.9 Å². The largest absolute Gasteiger partial charge is 0.508 e. The van der Waals surface area contributed by atoms with Gasteiger partial charge in [-0.15, -0.1) is 0 Å². The van der Waals surface area contributed by atoms with Gasteiger partial charge >= 0.3 is 0 Å². The van der Waals surface area contributed by atoms with Crippen molar-refractivity contribution in [1.82, 2.24) is 10.2 Å². The fourth-order valence-electron chi connectivity index (χ4n) is 2.99. The van der Waals surface area contributed by atoms with E-state index in [1.807, 2.05) is 4.90 Å². The van der Waals surface area contributed by atoms with Gasteiger partial charge in [-0.25, -0.2) is 0 Å². The molecule has 1 aromatic carbocycles. The van der Waals surface area contributed by atoms with Crippen LogP contribution in [0.1, 0.15) is 36.0 Å². The first-order valence-electron chi connectivity index (χ1n) is 7.69. The number of aromatic hydroxyl groups is 2. The molecule has 114 valence electrons. The van der Waals surface area contributed by atoms with Crippen molar-refractivity contribution in [3.63, 3.8) is 0 Å². The first-order chi connectivity index (χ1) is 10.1. The second-order valence-electron chi connectivity index (χ2n) is 6.10. The summed E-state index contributed by atoms with van der Waals surface area (Å²) in [6.45, 7) is 2.73. The molecule has 5 heteroatoms. The lowest BCUT2D eigenvalue weighted by molar-refractivity contribution is 0.0700. The standard InChI is InChI=1S/C16H22N2O3/c19-13-5-6-15(20)14(8-13)16(21)18(12-3-4-12)10-11-2-1-7-17-9-11/h5-6,8,11-12,17,19-20H,1-4,7,9-10H2. The van der Waals surface area contributed by atoms with Crippen molar-refractivity contribution >= 4 is 5.91 Å². The van der Waals surface area contributed by atoms with Crippen LogP contribution in [0.25, 0.3) is 0 Å². The Morgan fingerprint density at radius 1 is 1.29 bits per heavy atom. The van der Waals surface area contributed by atoms with Crippen LogP contribution in [0, 0.1) is 5.92 Å². The van der Waals surface area contributed by atoms with Gasteiger partial charge in [-0.3, -0.25) is 4.79 Å². The number of carbonyl (C=O) groups is 1.